The number of anilines is 1. The van der Waals surface area contributed by atoms with Crippen molar-refractivity contribution in [1.29, 1.82) is 0 Å². The van der Waals surface area contributed by atoms with Crippen molar-refractivity contribution in [2.24, 2.45) is 11.8 Å². The van der Waals surface area contributed by atoms with E-state index in [1.807, 2.05) is 0 Å². The topological polar surface area (TPSA) is 133 Å². The van der Waals surface area contributed by atoms with Crippen molar-refractivity contribution in [2.45, 2.75) is 89.5 Å². The first-order valence-electron chi connectivity index (χ1n) is 13.9. The van der Waals surface area contributed by atoms with Crippen LogP contribution in [0.4, 0.5) is 27.8 Å². The Labute approximate surface area is 239 Å². The normalized spacial score (nSPS) is 23.1. The summed E-state index contributed by atoms with van der Waals surface area (Å²) in [6.07, 6.45) is -3.86. The maximum atomic E-state index is 13.9. The molecule has 0 bridgehead atoms. The molecule has 232 valence electrons. The summed E-state index contributed by atoms with van der Waals surface area (Å²) in [6, 6.07) is -0.725. The number of nitrogens with zero attached hydrogens (tertiary/aromatic N) is 3. The van der Waals surface area contributed by atoms with Crippen LogP contribution < -0.4 is 16.0 Å². The lowest BCUT2D eigenvalue weighted by Crippen LogP contribution is -2.50. The van der Waals surface area contributed by atoms with Crippen molar-refractivity contribution in [1.82, 2.24) is 25.7 Å². The molecule has 3 heterocycles. The first-order chi connectivity index (χ1) is 19.7. The fourth-order valence-corrected chi connectivity index (χ4v) is 5.66. The number of aliphatic hydroxyl groups excluding tert-OH is 1. The van der Waals surface area contributed by atoms with E-state index in [4.69, 9.17) is 4.52 Å². The lowest BCUT2D eigenvalue weighted by molar-refractivity contribution is -0.152. The number of halogens is 5. The lowest BCUT2D eigenvalue weighted by atomic mass is 9.81. The molecule has 0 aromatic carbocycles. The van der Waals surface area contributed by atoms with Crippen LogP contribution in [0, 0.1) is 11.8 Å². The molecule has 2 fully saturated rings. The molecule has 4 N–H and O–H groups in total. The van der Waals surface area contributed by atoms with Crippen molar-refractivity contribution >= 4 is 17.6 Å². The molecule has 1 aliphatic heterocycles. The van der Waals surface area contributed by atoms with Crippen molar-refractivity contribution in [3.05, 3.63) is 41.4 Å². The van der Waals surface area contributed by atoms with Crippen LogP contribution in [0.15, 0.2) is 29.1 Å². The number of carbonyl (C=O) groups is 2. The van der Waals surface area contributed by atoms with Gasteiger partial charge in [0.2, 0.25) is 11.8 Å². The van der Waals surface area contributed by atoms with Gasteiger partial charge in [-0.3, -0.25) is 19.8 Å². The molecule has 0 radical (unpaired) electrons. The first kappa shape index (κ1) is 31.8. The maximum absolute atomic E-state index is 13.9. The number of aromatic nitrogens is 2. The summed E-state index contributed by atoms with van der Waals surface area (Å²) in [5.74, 6) is -5.02. The molecular formula is C27H35F5N6O4. The van der Waals surface area contributed by atoms with Gasteiger partial charge in [-0.05, 0) is 48.8 Å². The third-order valence-electron chi connectivity index (χ3n) is 7.86. The highest BCUT2D eigenvalue weighted by Crippen LogP contribution is 2.38. The Hall–Kier alpha value is -3.17. The molecule has 15 heteroatoms. The second-order valence-electron chi connectivity index (χ2n) is 11.2. The van der Waals surface area contributed by atoms with E-state index < -0.39 is 73.7 Å². The number of aliphatic hydroxyl groups is 1. The highest BCUT2D eigenvalue weighted by molar-refractivity contribution is 6.00. The van der Waals surface area contributed by atoms with Gasteiger partial charge in [-0.25, -0.2) is 13.8 Å². The molecular weight excluding hydrogens is 567 g/mol. The van der Waals surface area contributed by atoms with E-state index in [-0.39, 0.29) is 30.3 Å². The number of carbonyl (C=O) groups excluding carboxylic acids is 2. The van der Waals surface area contributed by atoms with Crippen molar-refractivity contribution < 1.29 is 41.2 Å². The van der Waals surface area contributed by atoms with E-state index in [1.165, 1.54) is 23.4 Å². The minimum Gasteiger partial charge on any atom is -0.365 e. The van der Waals surface area contributed by atoms with Crippen LogP contribution in [0.5, 0.6) is 0 Å². The Balaban J connectivity index is 1.55. The number of aryl methyl sites for hydroxylation is 1. The van der Waals surface area contributed by atoms with Gasteiger partial charge in [-0.15, -0.1) is 0 Å². The fraction of sp³-hybridized carbons (Fsp3) is 0.630. The fourth-order valence-electron chi connectivity index (χ4n) is 5.66. The Bertz CT molecular complexity index is 1250. The van der Waals surface area contributed by atoms with Crippen LogP contribution in [-0.2, 0) is 11.2 Å². The zero-order chi connectivity index (χ0) is 30.8. The first-order valence-corrected chi connectivity index (χ1v) is 13.9. The summed E-state index contributed by atoms with van der Waals surface area (Å²) in [7, 11) is 0. The molecule has 10 nitrogen and oxygen atoms in total. The molecule has 2 aromatic heterocycles. The number of hydrogen-bond acceptors (Lipinski definition) is 8. The molecule has 1 aliphatic carbocycles. The summed E-state index contributed by atoms with van der Waals surface area (Å²) in [5, 5.41) is 21.5. The van der Waals surface area contributed by atoms with E-state index in [0.717, 1.165) is 0 Å². The van der Waals surface area contributed by atoms with Gasteiger partial charge in [0.1, 0.15) is 24.2 Å². The standard InChI is InChI=1S/C27H35F5N6O4/c1-4-15-13-42-37-21(15)24(40)36-20(16-5-8-26(28,29)9-6-16)23(39)35-19-11-17(7-10-33-19)22(14(2)3)38-12-18(27(30,31)32)34-25(38)41/h7,10-11,13-14,16,18,20,22,25,34,41H,4-6,8-9,12H2,1-3H3,(H,36,40)(H,33,35,39)/t18-,20+,22+,25?/m0/s1. The van der Waals surface area contributed by atoms with Gasteiger partial charge < -0.3 is 20.3 Å². The third-order valence-corrected chi connectivity index (χ3v) is 7.86. The summed E-state index contributed by atoms with van der Waals surface area (Å²) >= 11 is 0. The molecule has 2 aliphatic rings. The molecule has 2 aromatic rings. The highest BCUT2D eigenvalue weighted by Gasteiger charge is 2.49. The zero-order valence-electron chi connectivity index (χ0n) is 23.4. The minimum absolute atomic E-state index is 0.00602. The quantitative estimate of drug-likeness (QED) is 0.317. The van der Waals surface area contributed by atoms with Gasteiger partial charge in [0.05, 0.1) is 0 Å². The Kier molecular flexibility index (Phi) is 9.52. The second kappa shape index (κ2) is 12.6. The Morgan fingerprint density at radius 1 is 1.26 bits per heavy atom. The number of nitrogens with one attached hydrogen (secondary N) is 3. The van der Waals surface area contributed by atoms with Gasteiger partial charge in [-0.1, -0.05) is 25.9 Å². The molecule has 1 saturated carbocycles. The average molecular weight is 603 g/mol. The highest BCUT2D eigenvalue weighted by atomic mass is 19.4. The number of amides is 2. The number of alkyl halides is 5. The van der Waals surface area contributed by atoms with Crippen LogP contribution in [0.25, 0.3) is 0 Å². The number of rotatable bonds is 9. The molecule has 1 saturated heterocycles. The number of hydrogen-bond donors (Lipinski definition) is 4. The molecule has 2 amide bonds. The number of pyridine rings is 1. The van der Waals surface area contributed by atoms with Crippen molar-refractivity contribution in [3.63, 3.8) is 0 Å². The van der Waals surface area contributed by atoms with E-state index in [1.54, 1.807) is 26.8 Å². The molecule has 42 heavy (non-hydrogen) atoms. The molecule has 4 rings (SSSR count). The van der Waals surface area contributed by atoms with E-state index in [0.29, 0.717) is 17.5 Å². The molecule has 0 spiro atoms. The smallest absolute Gasteiger partial charge is 0.365 e. The minimum atomic E-state index is -4.55. The van der Waals surface area contributed by atoms with Gasteiger partial charge in [0, 0.05) is 37.2 Å². The Morgan fingerprint density at radius 3 is 2.55 bits per heavy atom. The Morgan fingerprint density at radius 2 is 1.95 bits per heavy atom. The van der Waals surface area contributed by atoms with Crippen LogP contribution in [0.2, 0.25) is 0 Å². The summed E-state index contributed by atoms with van der Waals surface area (Å²) in [4.78, 5) is 32.0. The monoisotopic (exact) mass is 602 g/mol. The van der Waals surface area contributed by atoms with Crippen molar-refractivity contribution in [3.8, 4) is 0 Å². The molecule has 1 unspecified atom stereocenters. The predicted molar refractivity (Wildman–Crippen MR) is 140 cm³/mol. The van der Waals surface area contributed by atoms with Crippen LogP contribution in [0.1, 0.15) is 74.1 Å². The van der Waals surface area contributed by atoms with E-state index in [2.05, 4.69) is 26.1 Å². The summed E-state index contributed by atoms with van der Waals surface area (Å²) in [5.41, 5.74) is 1.00. The van der Waals surface area contributed by atoms with Gasteiger partial charge in [0.15, 0.2) is 12.0 Å². The second-order valence-corrected chi connectivity index (χ2v) is 11.2. The van der Waals surface area contributed by atoms with Gasteiger partial charge >= 0.3 is 6.18 Å². The van der Waals surface area contributed by atoms with Crippen molar-refractivity contribution in [2.75, 3.05) is 11.9 Å². The summed E-state index contributed by atoms with van der Waals surface area (Å²) in [6.45, 7) is 4.88. The third kappa shape index (κ3) is 7.24. The SMILES string of the molecule is CCc1conc1C(=O)N[C@@H](C(=O)Nc1cc([C@@H](C(C)C)N2C[C@@H](C(F)(F)F)NC2O)ccn1)C1CCC(F)(F)CC1. The van der Waals surface area contributed by atoms with Gasteiger partial charge in [0.25, 0.3) is 5.91 Å². The predicted octanol–water partition coefficient (Wildman–Crippen LogP) is 4.00. The van der Waals surface area contributed by atoms with E-state index in [9.17, 15) is 36.6 Å². The average Bonchev–Trinajstić information content (AvgIpc) is 3.54. The van der Waals surface area contributed by atoms with Crippen LogP contribution >= 0.6 is 0 Å². The maximum Gasteiger partial charge on any atom is 0.405 e. The van der Waals surface area contributed by atoms with Crippen LogP contribution in [-0.4, -0.2) is 69.0 Å². The van der Waals surface area contributed by atoms with Gasteiger partial charge in [-0.2, -0.15) is 13.2 Å². The molecule has 4 atom stereocenters. The zero-order valence-corrected chi connectivity index (χ0v) is 23.4. The largest absolute Gasteiger partial charge is 0.405 e. The lowest BCUT2D eigenvalue weighted by Gasteiger charge is -2.34. The van der Waals surface area contributed by atoms with Crippen LogP contribution in [0.3, 0.4) is 0 Å². The summed E-state index contributed by atoms with van der Waals surface area (Å²) < 4.78 is 72.7. The van der Waals surface area contributed by atoms with E-state index >= 15 is 0 Å².